The van der Waals surface area contributed by atoms with E-state index in [4.69, 9.17) is 0 Å². The van der Waals surface area contributed by atoms with Crippen LogP contribution in [0.3, 0.4) is 0 Å². The van der Waals surface area contributed by atoms with Gasteiger partial charge >= 0.3 is 0 Å². The molecule has 0 aliphatic carbocycles. The molecule has 2 N–H and O–H groups in total. The molecule has 2 rings (SSSR count). The third-order valence-electron chi connectivity index (χ3n) is 3.38. The highest BCUT2D eigenvalue weighted by Gasteiger charge is 2.13. The molecule has 0 aliphatic heterocycles. The third kappa shape index (κ3) is 4.58. The predicted molar refractivity (Wildman–Crippen MR) is 90.7 cm³/mol. The van der Waals surface area contributed by atoms with Crippen molar-refractivity contribution in [2.24, 2.45) is 0 Å². The smallest absolute Gasteiger partial charge is 0.240 e. The van der Waals surface area contributed by atoms with Crippen LogP contribution in [0.25, 0.3) is 0 Å². The lowest BCUT2D eigenvalue weighted by atomic mass is 10.0. The van der Waals surface area contributed by atoms with Crippen LogP contribution in [0.4, 0.5) is 5.69 Å². The molecule has 0 saturated carbocycles. The van der Waals surface area contributed by atoms with Gasteiger partial charge in [0.05, 0.1) is 4.90 Å². The second-order valence-corrected chi connectivity index (χ2v) is 7.18. The molecule has 0 radical (unpaired) electrons. The average molecular weight is 318 g/mol. The maximum Gasteiger partial charge on any atom is 0.240 e. The molecule has 22 heavy (non-hydrogen) atoms. The van der Waals surface area contributed by atoms with Crippen molar-refractivity contribution in [2.45, 2.75) is 24.7 Å². The quantitative estimate of drug-likeness (QED) is 0.771. The summed E-state index contributed by atoms with van der Waals surface area (Å²) in [6.45, 7) is 5.03. The largest absolute Gasteiger partial charge is 0.384 e. The monoisotopic (exact) mass is 318 g/mol. The first-order valence-corrected chi connectivity index (χ1v) is 8.86. The molecule has 0 saturated heterocycles. The molecule has 118 valence electrons. The summed E-state index contributed by atoms with van der Waals surface area (Å²) in [4.78, 5) is 0.302. The number of benzene rings is 2. The number of nitrogens with one attached hydrogen (secondary N) is 2. The van der Waals surface area contributed by atoms with Gasteiger partial charge in [0, 0.05) is 18.8 Å². The second kappa shape index (κ2) is 7.42. The Labute approximate surface area is 132 Å². The summed E-state index contributed by atoms with van der Waals surface area (Å²) in [5, 5.41) is 3.17. The van der Waals surface area contributed by atoms with E-state index in [0.717, 1.165) is 11.3 Å². The summed E-state index contributed by atoms with van der Waals surface area (Å²) >= 11 is 0. The van der Waals surface area contributed by atoms with E-state index in [1.165, 1.54) is 0 Å². The minimum atomic E-state index is -3.45. The van der Waals surface area contributed by atoms with Crippen molar-refractivity contribution < 1.29 is 8.42 Å². The van der Waals surface area contributed by atoms with Gasteiger partial charge in [0.25, 0.3) is 0 Å². The Kier molecular flexibility index (Phi) is 5.57. The number of rotatable bonds is 7. The van der Waals surface area contributed by atoms with Gasteiger partial charge in [-0.1, -0.05) is 44.2 Å². The summed E-state index contributed by atoms with van der Waals surface area (Å²) < 4.78 is 27.0. The zero-order valence-corrected chi connectivity index (χ0v) is 13.7. The van der Waals surface area contributed by atoms with Crippen LogP contribution in [-0.4, -0.2) is 21.5 Å². The lowest BCUT2D eigenvalue weighted by Crippen LogP contribution is -2.28. The molecular formula is C17H22N2O2S. The fourth-order valence-corrected chi connectivity index (χ4v) is 3.10. The average Bonchev–Trinajstić information content (AvgIpc) is 2.53. The van der Waals surface area contributed by atoms with Gasteiger partial charge in [0.1, 0.15) is 0 Å². The van der Waals surface area contributed by atoms with E-state index >= 15 is 0 Å². The summed E-state index contributed by atoms with van der Waals surface area (Å²) in [7, 11) is -3.45. The van der Waals surface area contributed by atoms with Gasteiger partial charge in [0.15, 0.2) is 0 Å². The van der Waals surface area contributed by atoms with E-state index in [0.29, 0.717) is 23.9 Å². The summed E-state index contributed by atoms with van der Waals surface area (Å²) in [6, 6.07) is 16.7. The topological polar surface area (TPSA) is 58.2 Å². The molecule has 4 nitrogen and oxygen atoms in total. The van der Waals surface area contributed by atoms with Crippen LogP contribution in [0.2, 0.25) is 0 Å². The van der Waals surface area contributed by atoms with E-state index in [2.05, 4.69) is 23.9 Å². The molecule has 0 aliphatic rings. The van der Waals surface area contributed by atoms with Crippen LogP contribution in [0, 0.1) is 0 Å². The van der Waals surface area contributed by atoms with Gasteiger partial charge in [-0.3, -0.25) is 0 Å². The van der Waals surface area contributed by atoms with Crippen molar-refractivity contribution in [1.82, 2.24) is 4.72 Å². The molecule has 2 aromatic carbocycles. The van der Waals surface area contributed by atoms with E-state index < -0.39 is 10.0 Å². The van der Waals surface area contributed by atoms with Gasteiger partial charge < -0.3 is 5.32 Å². The highest BCUT2D eigenvalue weighted by Crippen LogP contribution is 2.17. The molecule has 0 fully saturated rings. The van der Waals surface area contributed by atoms with Crippen LogP contribution in [-0.2, 0) is 10.0 Å². The first-order valence-electron chi connectivity index (χ1n) is 7.37. The van der Waals surface area contributed by atoms with Crippen molar-refractivity contribution in [1.29, 1.82) is 0 Å². The molecule has 0 unspecified atom stereocenters. The third-order valence-corrected chi connectivity index (χ3v) is 4.85. The zero-order chi connectivity index (χ0) is 16.0. The van der Waals surface area contributed by atoms with E-state index in [9.17, 15) is 8.42 Å². The maximum absolute atomic E-state index is 12.2. The lowest BCUT2D eigenvalue weighted by molar-refractivity contribution is 0.583. The zero-order valence-electron chi connectivity index (χ0n) is 12.9. The minimum Gasteiger partial charge on any atom is -0.384 e. The van der Waals surface area contributed by atoms with Crippen LogP contribution in [0.1, 0.15) is 25.3 Å². The van der Waals surface area contributed by atoms with Gasteiger partial charge in [-0.05, 0) is 35.7 Å². The molecule has 0 heterocycles. The van der Waals surface area contributed by atoms with Gasteiger partial charge in [-0.15, -0.1) is 0 Å². The Morgan fingerprint density at radius 1 is 0.909 bits per heavy atom. The normalized spacial score (nSPS) is 11.6. The number of para-hydroxylation sites is 1. The SMILES string of the molecule is CC(C)c1ccc(S(=O)(=O)NCCNc2ccccc2)cc1. The molecular weight excluding hydrogens is 296 g/mol. The molecule has 0 atom stereocenters. The molecule has 5 heteroatoms. The molecule has 2 aromatic rings. The van der Waals surface area contributed by atoms with Crippen molar-refractivity contribution in [3.05, 3.63) is 60.2 Å². The van der Waals surface area contributed by atoms with Crippen molar-refractivity contribution >= 4 is 15.7 Å². The van der Waals surface area contributed by atoms with Crippen molar-refractivity contribution in [2.75, 3.05) is 18.4 Å². The number of anilines is 1. The summed E-state index contributed by atoms with van der Waals surface area (Å²) in [5.41, 5.74) is 2.10. The standard InChI is InChI=1S/C17H22N2O2S/c1-14(2)15-8-10-17(11-9-15)22(20,21)19-13-12-18-16-6-4-3-5-7-16/h3-11,14,18-19H,12-13H2,1-2H3. The first-order chi connectivity index (χ1) is 10.5. The van der Waals surface area contributed by atoms with Crippen molar-refractivity contribution in [3.8, 4) is 0 Å². The highest BCUT2D eigenvalue weighted by molar-refractivity contribution is 7.89. The summed E-state index contributed by atoms with van der Waals surface area (Å²) in [6.07, 6.45) is 0. The first kappa shape index (κ1) is 16.5. The minimum absolute atomic E-state index is 0.302. The number of sulfonamides is 1. The molecule has 0 spiro atoms. The van der Waals surface area contributed by atoms with Crippen LogP contribution < -0.4 is 10.0 Å². The summed E-state index contributed by atoms with van der Waals surface area (Å²) in [5.74, 6) is 0.389. The number of hydrogen-bond acceptors (Lipinski definition) is 3. The maximum atomic E-state index is 12.2. The van der Waals surface area contributed by atoms with E-state index in [-0.39, 0.29) is 0 Å². The number of hydrogen-bond donors (Lipinski definition) is 2. The highest BCUT2D eigenvalue weighted by atomic mass is 32.2. The second-order valence-electron chi connectivity index (χ2n) is 5.41. The Balaban J connectivity index is 1.88. The van der Waals surface area contributed by atoms with Gasteiger partial charge in [-0.25, -0.2) is 13.1 Å². The fraction of sp³-hybridized carbons (Fsp3) is 0.294. The lowest BCUT2D eigenvalue weighted by Gasteiger charge is -2.10. The van der Waals surface area contributed by atoms with Gasteiger partial charge in [0.2, 0.25) is 10.0 Å². The Hall–Kier alpha value is -1.85. The molecule has 0 aromatic heterocycles. The van der Waals surface area contributed by atoms with Gasteiger partial charge in [-0.2, -0.15) is 0 Å². The molecule has 0 bridgehead atoms. The Bertz CT molecular complexity index is 680. The Morgan fingerprint density at radius 2 is 1.55 bits per heavy atom. The van der Waals surface area contributed by atoms with Crippen molar-refractivity contribution in [3.63, 3.8) is 0 Å². The Morgan fingerprint density at radius 3 is 2.14 bits per heavy atom. The van der Waals surface area contributed by atoms with E-state index in [1.807, 2.05) is 42.5 Å². The van der Waals surface area contributed by atoms with Crippen LogP contribution in [0.15, 0.2) is 59.5 Å². The van der Waals surface area contributed by atoms with Crippen LogP contribution in [0.5, 0.6) is 0 Å². The predicted octanol–water partition coefficient (Wildman–Crippen LogP) is 3.20. The molecule has 0 amide bonds. The van der Waals surface area contributed by atoms with Crippen LogP contribution >= 0.6 is 0 Å². The van der Waals surface area contributed by atoms with E-state index in [1.54, 1.807) is 12.1 Å². The fourth-order valence-electron chi connectivity index (χ4n) is 2.06.